The second kappa shape index (κ2) is 5.03. The topological polar surface area (TPSA) is 61.2 Å². The molecule has 1 aromatic heterocycles. The summed E-state index contributed by atoms with van der Waals surface area (Å²) in [5.74, 6) is 0.675. The molecule has 8 heteroatoms. The van der Waals surface area contributed by atoms with E-state index in [-0.39, 0.29) is 15.7 Å². The van der Waals surface area contributed by atoms with Gasteiger partial charge < -0.3 is 4.74 Å². The third-order valence-corrected chi connectivity index (χ3v) is 4.41. The van der Waals surface area contributed by atoms with Gasteiger partial charge in [0.1, 0.15) is 10.6 Å². The fraction of sp³-hybridized carbons (Fsp3) is 0.182. The van der Waals surface area contributed by atoms with Gasteiger partial charge in [0.15, 0.2) is 5.15 Å². The number of halogens is 2. The van der Waals surface area contributed by atoms with E-state index in [0.717, 1.165) is 0 Å². The van der Waals surface area contributed by atoms with Gasteiger partial charge in [0.25, 0.3) is 9.05 Å². The maximum absolute atomic E-state index is 11.4. The van der Waals surface area contributed by atoms with Gasteiger partial charge in [-0.05, 0) is 31.2 Å². The first-order valence-corrected chi connectivity index (χ1v) is 7.87. The predicted molar refractivity (Wildman–Crippen MR) is 72.9 cm³/mol. The molecule has 0 bridgehead atoms. The number of hydrogen-bond donors (Lipinski definition) is 0. The summed E-state index contributed by atoms with van der Waals surface area (Å²) in [6.45, 7) is 1.53. The van der Waals surface area contributed by atoms with Crippen LogP contribution < -0.4 is 4.74 Å². The Morgan fingerprint density at radius 1 is 1.26 bits per heavy atom. The molecule has 2 aromatic rings. The van der Waals surface area contributed by atoms with E-state index in [2.05, 4.69) is 5.10 Å². The molecule has 102 valence electrons. The van der Waals surface area contributed by atoms with E-state index in [1.807, 2.05) is 0 Å². The Labute approximate surface area is 120 Å². The molecule has 0 aliphatic heterocycles. The highest BCUT2D eigenvalue weighted by Crippen LogP contribution is 2.30. The van der Waals surface area contributed by atoms with Gasteiger partial charge in [0, 0.05) is 10.7 Å². The molecule has 0 spiro atoms. The SMILES string of the molecule is COc1ccc(-n2nc(C)c(S(=O)(=O)Cl)c2Cl)cc1. The van der Waals surface area contributed by atoms with Gasteiger partial charge in [-0.3, -0.25) is 0 Å². The van der Waals surface area contributed by atoms with Crippen molar-refractivity contribution >= 4 is 31.3 Å². The van der Waals surface area contributed by atoms with Gasteiger partial charge in [-0.25, -0.2) is 13.1 Å². The lowest BCUT2D eigenvalue weighted by Gasteiger charge is -2.04. The van der Waals surface area contributed by atoms with Gasteiger partial charge >= 0.3 is 0 Å². The second-order valence-electron chi connectivity index (χ2n) is 3.75. The van der Waals surface area contributed by atoms with E-state index >= 15 is 0 Å². The summed E-state index contributed by atoms with van der Waals surface area (Å²) in [5, 5.41) is 4.04. The summed E-state index contributed by atoms with van der Waals surface area (Å²) in [5.41, 5.74) is 0.858. The Bertz CT molecular complexity index is 708. The molecular formula is C11H10Cl2N2O3S. The highest BCUT2D eigenvalue weighted by atomic mass is 35.7. The first-order valence-electron chi connectivity index (χ1n) is 5.19. The molecule has 0 N–H and O–H groups in total. The van der Waals surface area contributed by atoms with Crippen LogP contribution in [0, 0.1) is 6.92 Å². The lowest BCUT2D eigenvalue weighted by Crippen LogP contribution is -1.97. The maximum Gasteiger partial charge on any atom is 0.266 e. The van der Waals surface area contributed by atoms with E-state index < -0.39 is 9.05 Å². The normalized spacial score (nSPS) is 11.6. The Balaban J connectivity index is 2.58. The van der Waals surface area contributed by atoms with Crippen LogP contribution in [0.1, 0.15) is 5.69 Å². The monoisotopic (exact) mass is 320 g/mol. The van der Waals surface area contributed by atoms with Crippen LogP contribution >= 0.6 is 22.3 Å². The van der Waals surface area contributed by atoms with Crippen molar-refractivity contribution in [2.24, 2.45) is 0 Å². The molecule has 0 aliphatic carbocycles. The van der Waals surface area contributed by atoms with Crippen molar-refractivity contribution in [1.82, 2.24) is 9.78 Å². The molecule has 2 rings (SSSR count). The summed E-state index contributed by atoms with van der Waals surface area (Å²) < 4.78 is 29.2. The van der Waals surface area contributed by atoms with Crippen molar-refractivity contribution in [3.05, 3.63) is 35.1 Å². The molecule has 0 amide bonds. The number of benzene rings is 1. The van der Waals surface area contributed by atoms with Crippen molar-refractivity contribution < 1.29 is 13.2 Å². The minimum Gasteiger partial charge on any atom is -0.497 e. The molecule has 19 heavy (non-hydrogen) atoms. The Kier molecular flexibility index (Phi) is 3.75. The van der Waals surface area contributed by atoms with Crippen LogP contribution in [0.15, 0.2) is 29.2 Å². The summed E-state index contributed by atoms with van der Waals surface area (Å²) in [7, 11) is 2.95. The highest BCUT2D eigenvalue weighted by Gasteiger charge is 2.24. The number of methoxy groups -OCH3 is 1. The molecule has 1 aromatic carbocycles. The van der Waals surface area contributed by atoms with Crippen molar-refractivity contribution in [2.75, 3.05) is 7.11 Å². The predicted octanol–water partition coefficient (Wildman–Crippen LogP) is 2.77. The van der Waals surface area contributed by atoms with E-state index in [1.54, 1.807) is 31.4 Å². The minimum atomic E-state index is -3.93. The second-order valence-corrected chi connectivity index (χ2v) is 6.61. The average Bonchev–Trinajstić information content (AvgIpc) is 2.64. The molecule has 0 unspecified atom stereocenters. The fourth-order valence-corrected chi connectivity index (χ4v) is 3.59. The molecule has 5 nitrogen and oxygen atoms in total. The number of rotatable bonds is 3. The Morgan fingerprint density at radius 3 is 2.26 bits per heavy atom. The quantitative estimate of drug-likeness (QED) is 0.816. The smallest absolute Gasteiger partial charge is 0.266 e. The summed E-state index contributed by atoms with van der Waals surface area (Å²) in [4.78, 5) is -0.174. The zero-order valence-electron chi connectivity index (χ0n) is 10.1. The number of hydrogen-bond acceptors (Lipinski definition) is 4. The molecule has 0 aliphatic rings. The minimum absolute atomic E-state index is 0.0438. The van der Waals surface area contributed by atoms with Gasteiger partial charge in [-0.2, -0.15) is 5.10 Å². The first kappa shape index (κ1) is 14.2. The molecular weight excluding hydrogens is 311 g/mol. The van der Waals surface area contributed by atoms with Gasteiger partial charge in [-0.15, -0.1) is 0 Å². The largest absolute Gasteiger partial charge is 0.497 e. The summed E-state index contributed by atoms with van der Waals surface area (Å²) >= 11 is 6.03. The van der Waals surface area contributed by atoms with Crippen LogP contribution in [0.25, 0.3) is 5.69 Å². The van der Waals surface area contributed by atoms with Gasteiger partial charge in [0.05, 0.1) is 18.5 Å². The van der Waals surface area contributed by atoms with Crippen LogP contribution in [-0.2, 0) is 9.05 Å². The van der Waals surface area contributed by atoms with Crippen molar-refractivity contribution in [3.8, 4) is 11.4 Å². The number of ether oxygens (including phenoxy) is 1. The summed E-state index contributed by atoms with van der Waals surface area (Å²) in [6, 6.07) is 6.86. The summed E-state index contributed by atoms with van der Waals surface area (Å²) in [6.07, 6.45) is 0. The zero-order chi connectivity index (χ0) is 14.2. The molecule has 0 atom stereocenters. The lowest BCUT2D eigenvalue weighted by atomic mass is 10.3. The van der Waals surface area contributed by atoms with Crippen LogP contribution in [-0.4, -0.2) is 25.3 Å². The molecule has 0 radical (unpaired) electrons. The number of aryl methyl sites for hydroxylation is 1. The molecule has 0 fully saturated rings. The third kappa shape index (κ3) is 2.70. The molecule has 1 heterocycles. The Hall–Kier alpha value is -1.24. The van der Waals surface area contributed by atoms with Crippen LogP contribution in [0.3, 0.4) is 0 Å². The van der Waals surface area contributed by atoms with Gasteiger partial charge in [-0.1, -0.05) is 11.6 Å². The highest BCUT2D eigenvalue weighted by molar-refractivity contribution is 8.13. The van der Waals surface area contributed by atoms with Gasteiger partial charge in [0.2, 0.25) is 0 Å². The number of nitrogens with zero attached hydrogens (tertiary/aromatic N) is 2. The van der Waals surface area contributed by atoms with E-state index in [0.29, 0.717) is 11.4 Å². The fourth-order valence-electron chi connectivity index (χ4n) is 1.66. The van der Waals surface area contributed by atoms with Crippen LogP contribution in [0.2, 0.25) is 5.15 Å². The molecule has 0 saturated carbocycles. The standard InChI is InChI=1S/C11H10Cl2N2O3S/c1-7-10(19(13,16)17)11(12)15(14-7)8-3-5-9(18-2)6-4-8/h3-6H,1-2H3. The third-order valence-electron chi connectivity index (χ3n) is 2.51. The van der Waals surface area contributed by atoms with Crippen molar-refractivity contribution in [3.63, 3.8) is 0 Å². The van der Waals surface area contributed by atoms with E-state index in [4.69, 9.17) is 27.0 Å². The Morgan fingerprint density at radius 2 is 1.84 bits per heavy atom. The van der Waals surface area contributed by atoms with Crippen LogP contribution in [0.5, 0.6) is 5.75 Å². The van der Waals surface area contributed by atoms with E-state index in [9.17, 15) is 8.42 Å². The average molecular weight is 321 g/mol. The molecule has 0 saturated heterocycles. The zero-order valence-corrected chi connectivity index (χ0v) is 12.4. The first-order chi connectivity index (χ1) is 8.84. The van der Waals surface area contributed by atoms with E-state index in [1.165, 1.54) is 11.6 Å². The van der Waals surface area contributed by atoms with Crippen LogP contribution in [0.4, 0.5) is 0 Å². The maximum atomic E-state index is 11.4. The van der Waals surface area contributed by atoms with Crippen molar-refractivity contribution in [2.45, 2.75) is 11.8 Å². The lowest BCUT2D eigenvalue weighted by molar-refractivity contribution is 0.414. The number of aromatic nitrogens is 2. The van der Waals surface area contributed by atoms with Crippen molar-refractivity contribution in [1.29, 1.82) is 0 Å².